The van der Waals surface area contributed by atoms with E-state index in [0.29, 0.717) is 0 Å². The quantitative estimate of drug-likeness (QED) is 0.471. The molecule has 1 heterocycles. The monoisotopic (exact) mass is 345 g/mol. The Kier molecular flexibility index (Phi) is 4.56. The molecule has 2 rings (SSSR count). The lowest BCUT2D eigenvalue weighted by molar-refractivity contribution is 0.137. The molecule has 0 amide bonds. The van der Waals surface area contributed by atoms with E-state index in [1.807, 2.05) is 0 Å². The second-order valence-electron chi connectivity index (χ2n) is 5.07. The van der Waals surface area contributed by atoms with E-state index in [1.165, 1.54) is 11.8 Å². The minimum Gasteiger partial charge on any atom is -0.367 e. The molecular formula is C9H17NO7P2S. The van der Waals surface area contributed by atoms with Crippen LogP contribution in [-0.4, -0.2) is 46.1 Å². The third-order valence-electron chi connectivity index (χ3n) is 3.59. The van der Waals surface area contributed by atoms with E-state index in [2.05, 4.69) is 4.99 Å². The molecule has 2 aliphatic rings. The summed E-state index contributed by atoms with van der Waals surface area (Å²) in [6.07, 6.45) is 3.00. The fourth-order valence-electron chi connectivity index (χ4n) is 2.42. The first-order chi connectivity index (χ1) is 9.04. The van der Waals surface area contributed by atoms with E-state index in [0.717, 1.165) is 25.7 Å². The maximum atomic E-state index is 11.3. The molecule has 116 valence electrons. The highest BCUT2D eigenvalue weighted by Crippen LogP contribution is 2.69. The highest BCUT2D eigenvalue weighted by molar-refractivity contribution is 8.14. The van der Waals surface area contributed by atoms with Crippen LogP contribution in [0, 0.1) is 0 Å². The van der Waals surface area contributed by atoms with Crippen molar-refractivity contribution in [2.24, 2.45) is 4.99 Å². The van der Waals surface area contributed by atoms with Gasteiger partial charge in [0.2, 0.25) is 0 Å². The van der Waals surface area contributed by atoms with Gasteiger partial charge in [-0.25, -0.2) is 0 Å². The Bertz CT molecular complexity index is 490. The molecule has 2 unspecified atom stereocenters. The maximum absolute atomic E-state index is 11.3. The molecule has 1 aliphatic heterocycles. The molecule has 0 spiro atoms. The number of rotatable bonds is 4. The van der Waals surface area contributed by atoms with Crippen LogP contribution in [0.15, 0.2) is 4.99 Å². The van der Waals surface area contributed by atoms with Crippen LogP contribution >= 0.6 is 27.0 Å². The van der Waals surface area contributed by atoms with E-state index >= 15 is 0 Å². The molecule has 0 aromatic carbocycles. The number of aliphatic hydroxyl groups is 1. The van der Waals surface area contributed by atoms with Gasteiger partial charge < -0.3 is 24.7 Å². The van der Waals surface area contributed by atoms with Gasteiger partial charge in [0.15, 0.2) is 0 Å². The number of fused-ring (bicyclic) bond motifs is 1. The zero-order chi connectivity index (χ0) is 15.2. The van der Waals surface area contributed by atoms with E-state index in [9.17, 15) is 14.2 Å². The van der Waals surface area contributed by atoms with Crippen molar-refractivity contribution in [1.29, 1.82) is 0 Å². The first kappa shape index (κ1) is 16.6. The van der Waals surface area contributed by atoms with E-state index in [4.69, 9.17) is 19.6 Å². The highest BCUT2D eigenvalue weighted by Gasteiger charge is 2.60. The number of nitrogens with zero attached hydrogens (tertiary/aromatic N) is 1. The third kappa shape index (κ3) is 3.05. The Labute approximate surface area is 120 Å². The zero-order valence-electron chi connectivity index (χ0n) is 10.5. The van der Waals surface area contributed by atoms with Crippen LogP contribution in [0.2, 0.25) is 0 Å². The Morgan fingerprint density at radius 2 is 1.70 bits per heavy atom. The lowest BCUT2D eigenvalue weighted by Gasteiger charge is -2.29. The molecule has 1 fully saturated rings. The molecule has 8 nitrogen and oxygen atoms in total. The van der Waals surface area contributed by atoms with Crippen LogP contribution in [0.1, 0.15) is 32.1 Å². The molecule has 0 bridgehead atoms. The minimum absolute atomic E-state index is 0.0153. The summed E-state index contributed by atoms with van der Waals surface area (Å²) in [5.41, 5.74) is 0. The summed E-state index contributed by atoms with van der Waals surface area (Å²) >= 11 is 1.26. The van der Waals surface area contributed by atoms with Crippen LogP contribution in [-0.2, 0) is 9.13 Å². The Morgan fingerprint density at radius 1 is 1.15 bits per heavy atom. The molecule has 0 aromatic heterocycles. The predicted molar refractivity (Wildman–Crippen MR) is 74.7 cm³/mol. The molecule has 2 atom stereocenters. The number of hydrogen-bond acceptors (Lipinski definition) is 5. The second kappa shape index (κ2) is 5.48. The van der Waals surface area contributed by atoms with E-state index in [1.54, 1.807) is 0 Å². The molecule has 0 radical (unpaired) electrons. The average molecular weight is 345 g/mol. The van der Waals surface area contributed by atoms with Crippen molar-refractivity contribution in [2.75, 3.05) is 0 Å². The number of hydrogen-bond donors (Lipinski definition) is 5. The summed E-state index contributed by atoms with van der Waals surface area (Å²) in [6.45, 7) is 0. The first-order valence-corrected chi connectivity index (χ1v) is 10.2. The highest BCUT2D eigenvalue weighted by atomic mass is 32.2. The lowest BCUT2D eigenvalue weighted by Crippen LogP contribution is -2.30. The predicted octanol–water partition coefficient (Wildman–Crippen LogP) is 0.835. The third-order valence-corrected chi connectivity index (χ3v) is 8.71. The largest absolute Gasteiger partial charge is 0.369 e. The van der Waals surface area contributed by atoms with Crippen molar-refractivity contribution in [2.45, 2.75) is 48.5 Å². The zero-order valence-corrected chi connectivity index (χ0v) is 13.1. The van der Waals surface area contributed by atoms with Gasteiger partial charge in [0, 0.05) is 11.7 Å². The molecular weight excluding hydrogens is 328 g/mol. The SMILES string of the molecule is O=P(O)(O)C(O)(CC1=NC2CCCCC2S1)P(=O)(O)O. The fraction of sp³-hybridized carbons (Fsp3) is 0.889. The normalized spacial score (nSPS) is 28.1. The van der Waals surface area contributed by atoms with Gasteiger partial charge in [-0.05, 0) is 12.8 Å². The summed E-state index contributed by atoms with van der Waals surface area (Å²) in [7, 11) is -10.8. The Morgan fingerprint density at radius 3 is 2.20 bits per heavy atom. The van der Waals surface area contributed by atoms with E-state index < -0.39 is 26.7 Å². The minimum atomic E-state index is -5.40. The fourth-order valence-corrected chi connectivity index (χ4v) is 6.18. The van der Waals surface area contributed by atoms with Gasteiger partial charge in [0.05, 0.1) is 11.1 Å². The topological polar surface area (TPSA) is 148 Å². The molecule has 0 saturated heterocycles. The maximum Gasteiger partial charge on any atom is 0.369 e. The summed E-state index contributed by atoms with van der Waals surface area (Å²) in [5.74, 6) is 0. The first-order valence-electron chi connectivity index (χ1n) is 6.11. The molecule has 1 saturated carbocycles. The summed E-state index contributed by atoms with van der Waals surface area (Å²) < 4.78 is 22.6. The summed E-state index contributed by atoms with van der Waals surface area (Å²) in [4.78, 5) is 40.6. The van der Waals surface area contributed by atoms with Crippen LogP contribution in [0.3, 0.4) is 0 Å². The van der Waals surface area contributed by atoms with Crippen LogP contribution in [0.25, 0.3) is 0 Å². The van der Waals surface area contributed by atoms with Crippen molar-refractivity contribution in [3.8, 4) is 0 Å². The second-order valence-corrected chi connectivity index (χ2v) is 10.4. The van der Waals surface area contributed by atoms with Gasteiger partial charge in [-0.15, -0.1) is 11.8 Å². The van der Waals surface area contributed by atoms with Gasteiger partial charge in [0.1, 0.15) is 0 Å². The molecule has 1 aliphatic carbocycles. The Hall–Kier alpha value is 0.280. The van der Waals surface area contributed by atoms with Crippen LogP contribution in [0.5, 0.6) is 0 Å². The van der Waals surface area contributed by atoms with E-state index in [-0.39, 0.29) is 16.3 Å². The Balaban J connectivity index is 2.22. The van der Waals surface area contributed by atoms with Gasteiger partial charge in [-0.1, -0.05) is 12.8 Å². The number of thioether (sulfide) groups is 1. The summed E-state index contributed by atoms with van der Waals surface area (Å²) in [5, 5.41) is 6.85. The molecule has 11 heteroatoms. The molecule has 5 N–H and O–H groups in total. The van der Waals surface area contributed by atoms with Crippen molar-refractivity contribution in [3.05, 3.63) is 0 Å². The van der Waals surface area contributed by atoms with Crippen molar-refractivity contribution in [1.82, 2.24) is 0 Å². The molecule has 20 heavy (non-hydrogen) atoms. The smallest absolute Gasteiger partial charge is 0.367 e. The summed E-state index contributed by atoms with van der Waals surface area (Å²) in [6, 6.07) is 0.0153. The van der Waals surface area contributed by atoms with Gasteiger partial charge in [-0.3, -0.25) is 14.1 Å². The van der Waals surface area contributed by atoms with Crippen molar-refractivity contribution < 1.29 is 33.8 Å². The molecule has 0 aromatic rings. The van der Waals surface area contributed by atoms with Gasteiger partial charge >= 0.3 is 15.2 Å². The van der Waals surface area contributed by atoms with Crippen molar-refractivity contribution >= 4 is 32.0 Å². The van der Waals surface area contributed by atoms with Gasteiger partial charge in [0.25, 0.3) is 5.08 Å². The van der Waals surface area contributed by atoms with Crippen molar-refractivity contribution in [3.63, 3.8) is 0 Å². The van der Waals surface area contributed by atoms with Gasteiger partial charge in [-0.2, -0.15) is 0 Å². The lowest BCUT2D eigenvalue weighted by atomic mass is 9.95. The number of aliphatic imine (C=N–C) groups is 1. The van der Waals surface area contributed by atoms with Crippen LogP contribution in [0.4, 0.5) is 0 Å². The van der Waals surface area contributed by atoms with Crippen LogP contribution < -0.4 is 0 Å². The standard InChI is InChI=1S/C9H17NO7P2S/c11-9(18(12,13)14,19(15,16)17)5-8-10-6-3-1-2-4-7(6)20-8/h6-7,11H,1-5H2,(H2,12,13,14)(H2,15,16,17). The average Bonchev–Trinajstić information content (AvgIpc) is 2.67.